The molecular weight excluding hydrogens is 304 g/mol. The van der Waals surface area contributed by atoms with E-state index in [1.54, 1.807) is 6.07 Å². The molecule has 0 bridgehead atoms. The van der Waals surface area contributed by atoms with Gasteiger partial charge in [-0.15, -0.1) is 0 Å². The minimum atomic E-state index is -3.64. The van der Waals surface area contributed by atoms with Crippen LogP contribution in [0.15, 0.2) is 23.1 Å². The molecule has 0 radical (unpaired) electrons. The first kappa shape index (κ1) is 16.7. The van der Waals surface area contributed by atoms with E-state index in [1.807, 2.05) is 0 Å². The zero-order valence-electron chi connectivity index (χ0n) is 13.0. The lowest BCUT2D eigenvalue weighted by molar-refractivity contribution is -0.387. The lowest BCUT2D eigenvalue weighted by atomic mass is 9.83. The van der Waals surface area contributed by atoms with Gasteiger partial charge in [0.1, 0.15) is 4.90 Å². The Labute approximate surface area is 131 Å². The molecule has 122 valence electrons. The molecule has 0 spiro atoms. The molecule has 0 unspecified atom stereocenters. The number of hydrogen-bond acceptors (Lipinski definition) is 5. The molecule has 0 heterocycles. The largest absolute Gasteiger partial charge is 0.384 e. The van der Waals surface area contributed by atoms with E-state index in [4.69, 9.17) is 0 Å². The fourth-order valence-electron chi connectivity index (χ4n) is 3.14. The van der Waals surface area contributed by atoms with Gasteiger partial charge in [0.15, 0.2) is 9.84 Å². The van der Waals surface area contributed by atoms with Crippen molar-refractivity contribution in [1.82, 2.24) is 0 Å². The predicted molar refractivity (Wildman–Crippen MR) is 85.9 cm³/mol. The first-order chi connectivity index (χ1) is 10.3. The van der Waals surface area contributed by atoms with Gasteiger partial charge in [-0.2, -0.15) is 0 Å². The SMILES string of the molecule is CCC1(CNc2ccc([N+](=O)[O-])c(S(C)(=O)=O)c2)CCCC1. The Kier molecular flexibility index (Phi) is 4.75. The van der Waals surface area contributed by atoms with Gasteiger partial charge in [-0.1, -0.05) is 19.8 Å². The maximum absolute atomic E-state index is 11.8. The number of rotatable bonds is 6. The van der Waals surface area contributed by atoms with Crippen LogP contribution in [0.1, 0.15) is 39.0 Å². The van der Waals surface area contributed by atoms with Crippen LogP contribution in [-0.4, -0.2) is 26.1 Å². The predicted octanol–water partition coefficient (Wildman–Crippen LogP) is 3.38. The maximum Gasteiger partial charge on any atom is 0.288 e. The summed E-state index contributed by atoms with van der Waals surface area (Å²) in [4.78, 5) is 10.1. The average Bonchev–Trinajstić information content (AvgIpc) is 2.93. The maximum atomic E-state index is 11.8. The standard InChI is InChI=1S/C15H22N2O4S/c1-3-15(8-4-5-9-15)11-16-12-6-7-13(17(18)19)14(10-12)22(2,20)21/h6-7,10,16H,3-5,8-9,11H2,1-2H3. The fourth-order valence-corrected chi connectivity index (χ4v) is 4.01. The van der Waals surface area contributed by atoms with Crippen molar-refractivity contribution in [3.63, 3.8) is 0 Å². The van der Waals surface area contributed by atoms with Crippen LogP contribution in [0.4, 0.5) is 11.4 Å². The quantitative estimate of drug-likeness (QED) is 0.639. The van der Waals surface area contributed by atoms with Crippen molar-refractivity contribution in [3.8, 4) is 0 Å². The van der Waals surface area contributed by atoms with Crippen LogP contribution in [0.25, 0.3) is 0 Å². The molecule has 0 amide bonds. The van der Waals surface area contributed by atoms with Gasteiger partial charge in [-0.25, -0.2) is 8.42 Å². The molecule has 1 aliphatic carbocycles. The molecule has 0 aromatic heterocycles. The molecule has 7 heteroatoms. The Morgan fingerprint density at radius 2 is 1.95 bits per heavy atom. The van der Waals surface area contributed by atoms with Crippen LogP contribution in [-0.2, 0) is 9.84 Å². The minimum absolute atomic E-state index is 0.237. The second-order valence-electron chi connectivity index (χ2n) is 6.13. The Morgan fingerprint density at radius 3 is 2.45 bits per heavy atom. The topological polar surface area (TPSA) is 89.3 Å². The second-order valence-corrected chi connectivity index (χ2v) is 8.11. The molecule has 1 aliphatic rings. The van der Waals surface area contributed by atoms with E-state index in [2.05, 4.69) is 12.2 Å². The third-order valence-electron chi connectivity index (χ3n) is 4.64. The van der Waals surface area contributed by atoms with Gasteiger partial charge in [0.25, 0.3) is 5.69 Å². The average molecular weight is 326 g/mol. The summed E-state index contributed by atoms with van der Waals surface area (Å²) in [6, 6.07) is 4.20. The Morgan fingerprint density at radius 1 is 1.32 bits per heavy atom. The van der Waals surface area contributed by atoms with Crippen molar-refractivity contribution < 1.29 is 13.3 Å². The van der Waals surface area contributed by atoms with Gasteiger partial charge in [0, 0.05) is 24.6 Å². The summed E-state index contributed by atoms with van der Waals surface area (Å²) in [6.45, 7) is 2.94. The van der Waals surface area contributed by atoms with Gasteiger partial charge in [0.05, 0.1) is 4.92 Å². The summed E-state index contributed by atoms with van der Waals surface area (Å²) in [6.07, 6.45) is 6.86. The lowest BCUT2D eigenvalue weighted by Gasteiger charge is -2.28. The summed E-state index contributed by atoms with van der Waals surface area (Å²) < 4.78 is 23.5. The Hall–Kier alpha value is -1.63. The number of nitrogens with zero attached hydrogens (tertiary/aromatic N) is 1. The highest BCUT2D eigenvalue weighted by Gasteiger charge is 2.32. The number of nitrogens with one attached hydrogen (secondary N) is 1. The third-order valence-corrected chi connectivity index (χ3v) is 5.76. The molecule has 2 rings (SSSR count). The van der Waals surface area contributed by atoms with Crippen LogP contribution in [0.2, 0.25) is 0 Å². The number of hydrogen-bond donors (Lipinski definition) is 1. The zero-order valence-corrected chi connectivity index (χ0v) is 13.8. The van der Waals surface area contributed by atoms with Crippen molar-refractivity contribution in [3.05, 3.63) is 28.3 Å². The molecule has 1 N–H and O–H groups in total. The van der Waals surface area contributed by atoms with Gasteiger partial charge in [-0.3, -0.25) is 10.1 Å². The van der Waals surface area contributed by atoms with Crippen molar-refractivity contribution in [1.29, 1.82) is 0 Å². The fraction of sp³-hybridized carbons (Fsp3) is 0.600. The van der Waals surface area contributed by atoms with Crippen LogP contribution >= 0.6 is 0 Å². The van der Waals surface area contributed by atoms with E-state index in [1.165, 1.54) is 37.8 Å². The van der Waals surface area contributed by atoms with E-state index in [0.29, 0.717) is 5.69 Å². The van der Waals surface area contributed by atoms with Crippen LogP contribution in [0, 0.1) is 15.5 Å². The van der Waals surface area contributed by atoms with Gasteiger partial charge < -0.3 is 5.32 Å². The summed E-state index contributed by atoms with van der Waals surface area (Å²) in [5.41, 5.74) is 0.498. The van der Waals surface area contributed by atoms with E-state index < -0.39 is 14.8 Å². The van der Waals surface area contributed by atoms with Crippen molar-refractivity contribution in [2.24, 2.45) is 5.41 Å². The van der Waals surface area contributed by atoms with Gasteiger partial charge in [0.2, 0.25) is 0 Å². The van der Waals surface area contributed by atoms with E-state index >= 15 is 0 Å². The van der Waals surface area contributed by atoms with E-state index in [0.717, 1.165) is 19.2 Å². The minimum Gasteiger partial charge on any atom is -0.384 e. The molecule has 0 aliphatic heterocycles. The summed E-state index contributed by atoms with van der Waals surface area (Å²) in [7, 11) is -3.64. The first-order valence-corrected chi connectivity index (χ1v) is 9.39. The zero-order chi connectivity index (χ0) is 16.4. The van der Waals surface area contributed by atoms with E-state index in [-0.39, 0.29) is 16.0 Å². The van der Waals surface area contributed by atoms with Crippen LogP contribution in [0.3, 0.4) is 0 Å². The molecular formula is C15H22N2O4S. The number of nitro benzene ring substituents is 1. The third kappa shape index (κ3) is 3.58. The first-order valence-electron chi connectivity index (χ1n) is 7.50. The Bertz CT molecular complexity index is 664. The molecule has 1 aromatic carbocycles. The summed E-state index contributed by atoms with van der Waals surface area (Å²) in [5.74, 6) is 0. The highest BCUT2D eigenvalue weighted by molar-refractivity contribution is 7.90. The number of anilines is 1. The number of nitro groups is 1. The van der Waals surface area contributed by atoms with Crippen LogP contribution in [0.5, 0.6) is 0 Å². The second kappa shape index (κ2) is 6.24. The molecule has 0 saturated heterocycles. The highest BCUT2D eigenvalue weighted by atomic mass is 32.2. The molecule has 0 atom stereocenters. The van der Waals surface area contributed by atoms with Crippen molar-refractivity contribution in [2.45, 2.75) is 43.9 Å². The monoisotopic (exact) mass is 326 g/mol. The van der Waals surface area contributed by atoms with Gasteiger partial charge in [-0.05, 0) is 36.8 Å². The molecule has 1 aromatic rings. The number of sulfone groups is 1. The normalized spacial score (nSPS) is 17.4. The molecule has 1 fully saturated rings. The van der Waals surface area contributed by atoms with Crippen LogP contribution < -0.4 is 5.32 Å². The highest BCUT2D eigenvalue weighted by Crippen LogP contribution is 2.41. The van der Waals surface area contributed by atoms with E-state index in [9.17, 15) is 18.5 Å². The summed E-state index contributed by atoms with van der Waals surface area (Å²) in [5, 5.41) is 14.2. The molecule has 22 heavy (non-hydrogen) atoms. The Balaban J connectivity index is 2.24. The smallest absolute Gasteiger partial charge is 0.288 e. The van der Waals surface area contributed by atoms with Gasteiger partial charge >= 0.3 is 0 Å². The molecule has 1 saturated carbocycles. The summed E-state index contributed by atoms with van der Waals surface area (Å²) >= 11 is 0. The lowest BCUT2D eigenvalue weighted by Crippen LogP contribution is -2.25. The van der Waals surface area contributed by atoms with Crippen molar-refractivity contribution >= 4 is 21.2 Å². The van der Waals surface area contributed by atoms with Crippen molar-refractivity contribution in [2.75, 3.05) is 18.1 Å². The number of benzene rings is 1. The molecule has 6 nitrogen and oxygen atoms in total.